The average Bonchev–Trinajstić information content (AvgIpc) is 2.68. The monoisotopic (exact) mass is 378 g/mol. The second-order valence-corrected chi connectivity index (χ2v) is 9.09. The molecule has 2 aromatic rings. The Morgan fingerprint density at radius 1 is 1.04 bits per heavy atom. The Kier molecular flexibility index (Phi) is 4.19. The lowest BCUT2D eigenvalue weighted by molar-refractivity contribution is 0.334. The molecule has 1 aromatic heterocycles. The predicted octanol–water partition coefficient (Wildman–Crippen LogP) is 4.11. The number of benzene rings is 1. The SMILES string of the molecule is O=c1[nH]c(N2CCC3(CC2)CC(=S)Cc2ccccc23)cc2c1CCCC2. The first-order valence-electron chi connectivity index (χ1n) is 10.2. The summed E-state index contributed by atoms with van der Waals surface area (Å²) in [6.45, 7) is 1.96. The summed E-state index contributed by atoms with van der Waals surface area (Å²) in [5, 5.41) is 0. The first-order chi connectivity index (χ1) is 13.1. The van der Waals surface area contributed by atoms with Gasteiger partial charge in [-0.05, 0) is 72.6 Å². The minimum atomic E-state index is 0.131. The van der Waals surface area contributed by atoms with Crippen LogP contribution in [-0.4, -0.2) is 22.9 Å². The van der Waals surface area contributed by atoms with Gasteiger partial charge in [-0.25, -0.2) is 0 Å². The van der Waals surface area contributed by atoms with Crippen molar-refractivity contribution in [3.05, 3.63) is 62.9 Å². The molecule has 4 heteroatoms. The first-order valence-corrected chi connectivity index (χ1v) is 10.7. The summed E-state index contributed by atoms with van der Waals surface area (Å²) in [5.41, 5.74) is 5.54. The van der Waals surface area contributed by atoms with Gasteiger partial charge in [0.15, 0.2) is 0 Å². The summed E-state index contributed by atoms with van der Waals surface area (Å²) in [6, 6.07) is 11.1. The van der Waals surface area contributed by atoms with Gasteiger partial charge >= 0.3 is 0 Å². The number of nitrogens with one attached hydrogen (secondary N) is 1. The largest absolute Gasteiger partial charge is 0.358 e. The molecule has 1 spiro atoms. The van der Waals surface area contributed by atoms with Crippen LogP contribution in [0.15, 0.2) is 35.1 Å². The highest BCUT2D eigenvalue weighted by Crippen LogP contribution is 2.44. The molecule has 140 valence electrons. The molecule has 0 saturated carbocycles. The maximum absolute atomic E-state index is 12.5. The van der Waals surface area contributed by atoms with Crippen LogP contribution in [0.5, 0.6) is 0 Å². The lowest BCUT2D eigenvalue weighted by atomic mass is 9.65. The van der Waals surface area contributed by atoms with Crippen LogP contribution < -0.4 is 10.5 Å². The Morgan fingerprint density at radius 3 is 2.67 bits per heavy atom. The third kappa shape index (κ3) is 2.94. The molecule has 1 N–H and O–H groups in total. The van der Waals surface area contributed by atoms with Crippen molar-refractivity contribution in [1.82, 2.24) is 4.98 Å². The van der Waals surface area contributed by atoms with Crippen LogP contribution in [0.25, 0.3) is 0 Å². The van der Waals surface area contributed by atoms with Crippen LogP contribution >= 0.6 is 12.2 Å². The Hall–Kier alpha value is -1.94. The van der Waals surface area contributed by atoms with Gasteiger partial charge in [-0.2, -0.15) is 0 Å². The number of fused-ring (bicyclic) bond motifs is 3. The lowest BCUT2D eigenvalue weighted by Gasteiger charge is -2.46. The van der Waals surface area contributed by atoms with E-state index in [2.05, 4.69) is 40.2 Å². The molecule has 0 radical (unpaired) electrons. The van der Waals surface area contributed by atoms with E-state index >= 15 is 0 Å². The molecular weight excluding hydrogens is 352 g/mol. The molecule has 1 aliphatic heterocycles. The zero-order valence-corrected chi connectivity index (χ0v) is 16.5. The predicted molar refractivity (Wildman–Crippen MR) is 114 cm³/mol. The Morgan fingerprint density at radius 2 is 1.81 bits per heavy atom. The summed E-state index contributed by atoms with van der Waals surface area (Å²) in [6.07, 6.45) is 8.51. The highest BCUT2D eigenvalue weighted by atomic mass is 32.1. The van der Waals surface area contributed by atoms with Crippen LogP contribution in [0.2, 0.25) is 0 Å². The first kappa shape index (κ1) is 17.2. The number of hydrogen-bond acceptors (Lipinski definition) is 3. The molecular formula is C23H26N2OS. The van der Waals surface area contributed by atoms with Crippen molar-refractivity contribution < 1.29 is 0 Å². The minimum absolute atomic E-state index is 0.131. The fraction of sp³-hybridized carbons (Fsp3) is 0.478. The second kappa shape index (κ2) is 6.59. The van der Waals surface area contributed by atoms with Crippen LogP contribution in [0.3, 0.4) is 0 Å². The van der Waals surface area contributed by atoms with E-state index in [1.807, 2.05) is 0 Å². The van der Waals surface area contributed by atoms with Crippen LogP contribution in [0, 0.1) is 0 Å². The third-order valence-electron chi connectivity index (χ3n) is 6.91. The van der Waals surface area contributed by atoms with Gasteiger partial charge in [-0.3, -0.25) is 4.79 Å². The van der Waals surface area contributed by atoms with Crippen LogP contribution in [-0.2, 0) is 24.7 Å². The van der Waals surface area contributed by atoms with Gasteiger partial charge < -0.3 is 9.88 Å². The summed E-state index contributed by atoms with van der Waals surface area (Å²) >= 11 is 5.68. The Labute approximate surface area is 165 Å². The van der Waals surface area contributed by atoms with E-state index in [0.717, 1.165) is 69.4 Å². The maximum atomic E-state index is 12.5. The fourth-order valence-corrected chi connectivity index (χ4v) is 5.90. The standard InChI is InChI=1S/C23H26N2OS/c26-22-19-7-3-1-5-16(19)14-21(24-22)25-11-9-23(10-12-25)15-18(27)13-17-6-2-4-8-20(17)23/h2,4,6,8,14H,1,3,5,7,9-13,15H2,(H,24,26). The Bertz CT molecular complexity index is 953. The number of aromatic amines is 1. The average molecular weight is 379 g/mol. The lowest BCUT2D eigenvalue weighted by Crippen LogP contribution is -2.46. The van der Waals surface area contributed by atoms with Gasteiger partial charge in [0.05, 0.1) is 0 Å². The van der Waals surface area contributed by atoms with E-state index in [4.69, 9.17) is 12.2 Å². The number of pyridine rings is 1. The van der Waals surface area contributed by atoms with Gasteiger partial charge in [0.2, 0.25) is 0 Å². The number of anilines is 1. The van der Waals surface area contributed by atoms with Crippen molar-refractivity contribution in [2.24, 2.45) is 0 Å². The number of H-pyrrole nitrogens is 1. The van der Waals surface area contributed by atoms with Gasteiger partial charge in [0, 0.05) is 30.5 Å². The Balaban J connectivity index is 1.42. The highest BCUT2D eigenvalue weighted by Gasteiger charge is 2.41. The molecule has 5 rings (SSSR count). The molecule has 1 fully saturated rings. The fourth-order valence-electron chi connectivity index (χ4n) is 5.47. The third-order valence-corrected chi connectivity index (χ3v) is 7.20. The number of piperidine rings is 1. The zero-order chi connectivity index (χ0) is 18.4. The van der Waals surface area contributed by atoms with E-state index in [1.165, 1.54) is 28.0 Å². The molecule has 2 heterocycles. The number of rotatable bonds is 1. The molecule has 0 bridgehead atoms. The summed E-state index contributed by atoms with van der Waals surface area (Å²) < 4.78 is 0. The van der Waals surface area contributed by atoms with Gasteiger partial charge in [-0.15, -0.1) is 0 Å². The maximum Gasteiger partial charge on any atom is 0.252 e. The van der Waals surface area contributed by atoms with Gasteiger partial charge in [-0.1, -0.05) is 36.5 Å². The molecule has 0 atom stereocenters. The van der Waals surface area contributed by atoms with Gasteiger partial charge in [0.25, 0.3) is 5.56 Å². The number of aromatic nitrogens is 1. The van der Waals surface area contributed by atoms with Crippen molar-refractivity contribution in [2.45, 2.75) is 56.8 Å². The normalized spacial score (nSPS) is 21.0. The zero-order valence-electron chi connectivity index (χ0n) is 15.7. The van der Waals surface area contributed by atoms with Crippen molar-refractivity contribution in [2.75, 3.05) is 18.0 Å². The van der Waals surface area contributed by atoms with Crippen molar-refractivity contribution >= 4 is 22.9 Å². The van der Waals surface area contributed by atoms with E-state index in [1.54, 1.807) is 0 Å². The topological polar surface area (TPSA) is 36.1 Å². The molecule has 2 aliphatic carbocycles. The second-order valence-electron chi connectivity index (χ2n) is 8.51. The number of nitrogens with zero attached hydrogens (tertiary/aromatic N) is 1. The summed E-state index contributed by atoms with van der Waals surface area (Å²) in [4.78, 5) is 19.3. The van der Waals surface area contributed by atoms with Gasteiger partial charge in [0.1, 0.15) is 5.82 Å². The molecule has 3 aliphatic rings. The number of thiocarbonyl (C=S) groups is 1. The molecule has 27 heavy (non-hydrogen) atoms. The van der Waals surface area contributed by atoms with Crippen molar-refractivity contribution in [3.8, 4) is 0 Å². The molecule has 0 unspecified atom stereocenters. The molecule has 1 saturated heterocycles. The minimum Gasteiger partial charge on any atom is -0.358 e. The van der Waals surface area contributed by atoms with E-state index < -0.39 is 0 Å². The van der Waals surface area contributed by atoms with Crippen molar-refractivity contribution in [1.29, 1.82) is 0 Å². The smallest absolute Gasteiger partial charge is 0.252 e. The summed E-state index contributed by atoms with van der Waals surface area (Å²) in [5.74, 6) is 1.02. The summed E-state index contributed by atoms with van der Waals surface area (Å²) in [7, 11) is 0. The van der Waals surface area contributed by atoms with E-state index in [0.29, 0.717) is 0 Å². The van der Waals surface area contributed by atoms with E-state index in [-0.39, 0.29) is 11.0 Å². The molecule has 3 nitrogen and oxygen atoms in total. The highest BCUT2D eigenvalue weighted by molar-refractivity contribution is 7.80. The molecule has 1 aromatic carbocycles. The van der Waals surface area contributed by atoms with Crippen molar-refractivity contribution in [3.63, 3.8) is 0 Å². The quantitative estimate of drug-likeness (QED) is 0.759. The van der Waals surface area contributed by atoms with Crippen LogP contribution in [0.4, 0.5) is 5.82 Å². The van der Waals surface area contributed by atoms with Crippen LogP contribution in [0.1, 0.15) is 54.4 Å². The number of hydrogen-bond donors (Lipinski definition) is 1. The number of aryl methyl sites for hydroxylation is 1. The van der Waals surface area contributed by atoms with E-state index in [9.17, 15) is 4.79 Å². The molecule has 0 amide bonds.